The first-order valence-electron chi connectivity index (χ1n) is 13.1. The van der Waals surface area contributed by atoms with Crippen molar-refractivity contribution in [2.75, 3.05) is 4.90 Å². The molecule has 0 atom stereocenters. The zero-order valence-corrected chi connectivity index (χ0v) is 21.9. The van der Waals surface area contributed by atoms with Crippen LogP contribution < -0.4 is 4.90 Å². The Bertz CT molecular complexity index is 2080. The molecule has 8 rings (SSSR count). The van der Waals surface area contributed by atoms with Crippen LogP contribution in [-0.2, 0) is 0 Å². The summed E-state index contributed by atoms with van der Waals surface area (Å²) in [4.78, 5) is 2.32. The van der Waals surface area contributed by atoms with E-state index >= 15 is 0 Å². The Morgan fingerprint density at radius 2 is 1.00 bits per heavy atom. The van der Waals surface area contributed by atoms with Gasteiger partial charge in [-0.2, -0.15) is 0 Å². The minimum atomic E-state index is 0.924. The lowest BCUT2D eigenvalue weighted by Crippen LogP contribution is -2.09. The highest BCUT2D eigenvalue weighted by Gasteiger charge is 2.15. The van der Waals surface area contributed by atoms with Crippen molar-refractivity contribution >= 4 is 70.5 Å². The largest absolute Gasteiger partial charge is 0.456 e. The summed E-state index contributed by atoms with van der Waals surface area (Å²) in [6.45, 7) is 0. The normalized spacial score (nSPS) is 11.6. The molecule has 0 aliphatic rings. The molecule has 0 aliphatic carbocycles. The van der Waals surface area contributed by atoms with Gasteiger partial charge in [0.1, 0.15) is 11.2 Å². The minimum Gasteiger partial charge on any atom is -0.456 e. The fraction of sp³-hybridized carbons (Fsp3) is 0. The van der Waals surface area contributed by atoms with E-state index in [1.165, 1.54) is 25.7 Å². The van der Waals surface area contributed by atoms with E-state index in [0.717, 1.165) is 44.6 Å². The number of anilines is 3. The van der Waals surface area contributed by atoms with Crippen molar-refractivity contribution in [3.05, 3.63) is 140 Å². The number of para-hydroxylation sites is 3. The van der Waals surface area contributed by atoms with Gasteiger partial charge >= 0.3 is 0 Å². The van der Waals surface area contributed by atoms with Crippen LogP contribution in [0.15, 0.2) is 144 Å². The topological polar surface area (TPSA) is 16.4 Å². The number of fused-ring (bicyclic) bond motifs is 6. The van der Waals surface area contributed by atoms with Gasteiger partial charge in [-0.1, -0.05) is 66.7 Å². The van der Waals surface area contributed by atoms with Gasteiger partial charge in [0, 0.05) is 48.0 Å². The highest BCUT2D eigenvalue weighted by Crippen LogP contribution is 2.42. The van der Waals surface area contributed by atoms with E-state index in [2.05, 4.69) is 132 Å². The summed E-state index contributed by atoms with van der Waals surface area (Å²) in [5.41, 5.74) is 7.64. The molecule has 0 saturated heterocycles. The van der Waals surface area contributed by atoms with E-state index in [9.17, 15) is 0 Å². The Morgan fingerprint density at radius 1 is 0.410 bits per heavy atom. The van der Waals surface area contributed by atoms with Crippen LogP contribution in [-0.4, -0.2) is 0 Å². The molecule has 8 aromatic rings. The van der Waals surface area contributed by atoms with Crippen LogP contribution in [0.2, 0.25) is 0 Å². The quantitative estimate of drug-likeness (QED) is 0.231. The fourth-order valence-corrected chi connectivity index (χ4v) is 6.66. The van der Waals surface area contributed by atoms with Crippen molar-refractivity contribution in [2.45, 2.75) is 0 Å². The van der Waals surface area contributed by atoms with Gasteiger partial charge in [0.2, 0.25) is 0 Å². The third-order valence-electron chi connectivity index (χ3n) is 7.45. The summed E-state index contributed by atoms with van der Waals surface area (Å²) >= 11 is 1.85. The molecule has 2 nitrogen and oxygen atoms in total. The fourth-order valence-electron chi connectivity index (χ4n) is 5.59. The van der Waals surface area contributed by atoms with E-state index in [4.69, 9.17) is 4.42 Å². The molecule has 0 fully saturated rings. The summed E-state index contributed by atoms with van der Waals surface area (Å²) in [7, 11) is 0. The molecule has 6 aromatic carbocycles. The van der Waals surface area contributed by atoms with Crippen LogP contribution in [0.1, 0.15) is 0 Å². The van der Waals surface area contributed by atoms with E-state index in [1.54, 1.807) is 0 Å². The number of hydrogen-bond donors (Lipinski definition) is 0. The Kier molecular flexibility index (Phi) is 5.04. The standard InChI is InChI=1S/C36H23NOS/c1-3-9-26(10-4-1)37(27-11-5-2-6-12-27)28-17-20-36-32(23-28)31-21-24(16-19-35(31)39-36)25-15-18-30-29-13-7-8-14-33(29)38-34(30)22-25/h1-23H. The van der Waals surface area contributed by atoms with Crippen LogP contribution in [0.4, 0.5) is 17.1 Å². The molecule has 0 bridgehead atoms. The van der Waals surface area contributed by atoms with Gasteiger partial charge in [0.25, 0.3) is 0 Å². The summed E-state index contributed by atoms with van der Waals surface area (Å²) < 4.78 is 8.76. The molecule has 2 aromatic heterocycles. The maximum Gasteiger partial charge on any atom is 0.136 e. The molecular formula is C36H23NOS. The van der Waals surface area contributed by atoms with Crippen molar-refractivity contribution in [1.29, 1.82) is 0 Å². The van der Waals surface area contributed by atoms with Gasteiger partial charge in [-0.05, 0) is 83.9 Å². The molecule has 0 radical (unpaired) electrons. The first-order chi connectivity index (χ1) is 19.3. The van der Waals surface area contributed by atoms with E-state index < -0.39 is 0 Å². The highest BCUT2D eigenvalue weighted by molar-refractivity contribution is 7.25. The van der Waals surface area contributed by atoms with E-state index in [-0.39, 0.29) is 0 Å². The third-order valence-corrected chi connectivity index (χ3v) is 8.60. The smallest absolute Gasteiger partial charge is 0.136 e. The van der Waals surface area contributed by atoms with Crippen molar-refractivity contribution < 1.29 is 4.42 Å². The van der Waals surface area contributed by atoms with Crippen molar-refractivity contribution in [1.82, 2.24) is 0 Å². The molecule has 0 spiro atoms. The maximum absolute atomic E-state index is 6.18. The number of benzene rings is 6. The zero-order chi connectivity index (χ0) is 25.8. The van der Waals surface area contributed by atoms with Crippen LogP contribution in [0.3, 0.4) is 0 Å². The van der Waals surface area contributed by atoms with Gasteiger partial charge in [-0.15, -0.1) is 11.3 Å². The van der Waals surface area contributed by atoms with Gasteiger partial charge in [0.05, 0.1) is 0 Å². The van der Waals surface area contributed by atoms with Crippen molar-refractivity contribution in [3.8, 4) is 11.1 Å². The number of hydrogen-bond acceptors (Lipinski definition) is 3. The molecule has 184 valence electrons. The predicted octanol–water partition coefficient (Wildman–Crippen LogP) is 11.1. The second-order valence-corrected chi connectivity index (χ2v) is 10.9. The second kappa shape index (κ2) is 8.87. The van der Waals surface area contributed by atoms with Crippen LogP contribution in [0, 0.1) is 0 Å². The lowest BCUT2D eigenvalue weighted by atomic mass is 10.0. The molecule has 0 saturated carbocycles. The first kappa shape index (κ1) is 22.2. The predicted molar refractivity (Wildman–Crippen MR) is 167 cm³/mol. The third kappa shape index (κ3) is 3.70. The van der Waals surface area contributed by atoms with Crippen LogP contribution in [0.25, 0.3) is 53.2 Å². The summed E-state index contributed by atoms with van der Waals surface area (Å²) in [6, 6.07) is 49.6. The van der Waals surface area contributed by atoms with Crippen LogP contribution >= 0.6 is 11.3 Å². The Labute approximate surface area is 230 Å². The molecule has 39 heavy (non-hydrogen) atoms. The SMILES string of the molecule is c1ccc(N(c2ccccc2)c2ccc3sc4ccc(-c5ccc6c(c5)oc5ccccc56)cc4c3c2)cc1. The Morgan fingerprint density at radius 3 is 1.77 bits per heavy atom. The lowest BCUT2D eigenvalue weighted by molar-refractivity contribution is 0.669. The molecular weight excluding hydrogens is 494 g/mol. The summed E-state index contributed by atoms with van der Waals surface area (Å²) in [5, 5.41) is 4.87. The maximum atomic E-state index is 6.18. The monoisotopic (exact) mass is 517 g/mol. The first-order valence-corrected chi connectivity index (χ1v) is 13.9. The van der Waals surface area contributed by atoms with Crippen molar-refractivity contribution in [2.24, 2.45) is 0 Å². The molecule has 0 aliphatic heterocycles. The van der Waals surface area contributed by atoms with E-state index in [0.29, 0.717) is 0 Å². The van der Waals surface area contributed by atoms with Gasteiger partial charge in [-0.25, -0.2) is 0 Å². The highest BCUT2D eigenvalue weighted by atomic mass is 32.1. The molecule has 0 amide bonds. The lowest BCUT2D eigenvalue weighted by Gasteiger charge is -2.25. The number of nitrogens with zero attached hydrogens (tertiary/aromatic N) is 1. The number of furan rings is 1. The van der Waals surface area contributed by atoms with Gasteiger partial charge in [-0.3, -0.25) is 0 Å². The van der Waals surface area contributed by atoms with Crippen LogP contribution in [0.5, 0.6) is 0 Å². The molecule has 0 N–H and O–H groups in total. The van der Waals surface area contributed by atoms with Crippen molar-refractivity contribution in [3.63, 3.8) is 0 Å². The molecule has 2 heterocycles. The Hall–Kier alpha value is -4.86. The second-order valence-electron chi connectivity index (χ2n) is 9.81. The summed E-state index contributed by atoms with van der Waals surface area (Å²) in [5.74, 6) is 0. The molecule has 0 unspecified atom stereocenters. The van der Waals surface area contributed by atoms with Gasteiger partial charge in [0.15, 0.2) is 0 Å². The van der Waals surface area contributed by atoms with Gasteiger partial charge < -0.3 is 9.32 Å². The number of thiophene rings is 1. The summed E-state index contributed by atoms with van der Waals surface area (Å²) in [6.07, 6.45) is 0. The van der Waals surface area contributed by atoms with E-state index in [1.807, 2.05) is 23.5 Å². The Balaban J connectivity index is 1.28. The zero-order valence-electron chi connectivity index (χ0n) is 21.0. The number of rotatable bonds is 4. The average Bonchev–Trinajstić information content (AvgIpc) is 3.55. The minimum absolute atomic E-state index is 0.924. The average molecular weight is 518 g/mol. The molecule has 3 heteroatoms.